The molecule has 1 amide bonds. The lowest BCUT2D eigenvalue weighted by Crippen LogP contribution is -2.53. The number of nitrogens with zero attached hydrogens (tertiary/aromatic N) is 2. The van der Waals surface area contributed by atoms with Gasteiger partial charge in [0.1, 0.15) is 5.75 Å². The molecule has 0 unspecified atom stereocenters. The minimum Gasteiger partial charge on any atom is -0.496 e. The number of benzene rings is 1. The van der Waals surface area contributed by atoms with Crippen LogP contribution in [0.4, 0.5) is 0 Å². The van der Waals surface area contributed by atoms with Crippen LogP contribution in [0.3, 0.4) is 0 Å². The van der Waals surface area contributed by atoms with E-state index >= 15 is 0 Å². The molecule has 2 rings (SSSR count). The maximum Gasteiger partial charge on any atom is 0.279 e. The molecule has 0 radical (unpaired) electrons. The molecule has 1 aromatic rings. The first kappa shape index (κ1) is 19.7. The standard InChI is InChI=1S/C17H27N3O4S/c1-3-10-18-25(22,23)20-13-11-19(12-14-20)17(21)9-8-15-6-4-5-7-16(15)24-2/h4-7,18H,3,8-14H2,1-2H3. The minimum absolute atomic E-state index is 0.0458. The summed E-state index contributed by atoms with van der Waals surface area (Å²) in [6.45, 7) is 3.87. The lowest BCUT2D eigenvalue weighted by atomic mass is 10.1. The van der Waals surface area contributed by atoms with Gasteiger partial charge in [-0.3, -0.25) is 4.79 Å². The van der Waals surface area contributed by atoms with Crippen molar-refractivity contribution < 1.29 is 17.9 Å². The quantitative estimate of drug-likeness (QED) is 0.742. The molecular formula is C17H27N3O4S. The summed E-state index contributed by atoms with van der Waals surface area (Å²) in [5, 5.41) is 0. The third-order valence-corrected chi connectivity index (χ3v) is 5.88. The molecule has 0 spiro atoms. The second-order valence-corrected chi connectivity index (χ2v) is 7.75. The van der Waals surface area contributed by atoms with Crippen LogP contribution in [0.5, 0.6) is 5.75 Å². The van der Waals surface area contributed by atoms with Crippen molar-refractivity contribution in [1.82, 2.24) is 13.9 Å². The predicted octanol–water partition coefficient (Wildman–Crippen LogP) is 1.02. The Morgan fingerprint density at radius 2 is 1.88 bits per heavy atom. The largest absolute Gasteiger partial charge is 0.496 e. The van der Waals surface area contributed by atoms with Crippen LogP contribution in [0.15, 0.2) is 24.3 Å². The van der Waals surface area contributed by atoms with E-state index in [-0.39, 0.29) is 5.91 Å². The van der Waals surface area contributed by atoms with Gasteiger partial charge in [-0.25, -0.2) is 4.72 Å². The molecule has 0 bridgehead atoms. The van der Waals surface area contributed by atoms with Gasteiger partial charge >= 0.3 is 0 Å². The summed E-state index contributed by atoms with van der Waals surface area (Å²) >= 11 is 0. The number of carbonyl (C=O) groups excluding carboxylic acids is 1. The van der Waals surface area contributed by atoms with Gasteiger partial charge in [-0.1, -0.05) is 25.1 Å². The van der Waals surface area contributed by atoms with Gasteiger partial charge in [0.15, 0.2) is 0 Å². The molecule has 25 heavy (non-hydrogen) atoms. The molecule has 1 N–H and O–H groups in total. The van der Waals surface area contributed by atoms with Crippen molar-refractivity contribution >= 4 is 16.1 Å². The van der Waals surface area contributed by atoms with Crippen molar-refractivity contribution in [1.29, 1.82) is 0 Å². The third-order valence-electron chi connectivity index (χ3n) is 4.27. The van der Waals surface area contributed by atoms with Crippen LogP contribution in [0, 0.1) is 0 Å². The number of hydrogen-bond acceptors (Lipinski definition) is 4. The number of nitrogens with one attached hydrogen (secondary N) is 1. The molecule has 8 heteroatoms. The molecular weight excluding hydrogens is 342 g/mol. The minimum atomic E-state index is -3.43. The first-order valence-electron chi connectivity index (χ1n) is 8.62. The fourth-order valence-electron chi connectivity index (χ4n) is 2.81. The highest BCUT2D eigenvalue weighted by atomic mass is 32.2. The maximum atomic E-state index is 12.4. The number of para-hydroxylation sites is 1. The van der Waals surface area contributed by atoms with E-state index in [1.807, 2.05) is 31.2 Å². The molecule has 0 aliphatic carbocycles. The van der Waals surface area contributed by atoms with E-state index in [1.54, 1.807) is 12.0 Å². The highest BCUT2D eigenvalue weighted by molar-refractivity contribution is 7.87. The van der Waals surface area contributed by atoms with E-state index in [2.05, 4.69) is 4.72 Å². The van der Waals surface area contributed by atoms with Gasteiger partial charge in [0.25, 0.3) is 10.2 Å². The van der Waals surface area contributed by atoms with Crippen molar-refractivity contribution in [2.45, 2.75) is 26.2 Å². The Bertz CT molecular complexity index is 670. The fraction of sp³-hybridized carbons (Fsp3) is 0.588. The molecule has 1 fully saturated rings. The van der Waals surface area contributed by atoms with Gasteiger partial charge in [-0.2, -0.15) is 12.7 Å². The molecule has 1 heterocycles. The number of aryl methyl sites for hydroxylation is 1. The van der Waals surface area contributed by atoms with E-state index in [4.69, 9.17) is 4.74 Å². The number of methoxy groups -OCH3 is 1. The summed E-state index contributed by atoms with van der Waals surface area (Å²) in [6, 6.07) is 7.66. The Labute approximate surface area is 150 Å². The van der Waals surface area contributed by atoms with E-state index in [0.29, 0.717) is 45.6 Å². The summed E-state index contributed by atoms with van der Waals surface area (Å²) in [5.74, 6) is 0.831. The van der Waals surface area contributed by atoms with Gasteiger partial charge in [-0.05, 0) is 24.5 Å². The molecule has 140 valence electrons. The number of carbonyl (C=O) groups is 1. The molecule has 0 aromatic heterocycles. The van der Waals surface area contributed by atoms with E-state index < -0.39 is 10.2 Å². The zero-order chi connectivity index (χ0) is 18.3. The Morgan fingerprint density at radius 3 is 2.52 bits per heavy atom. The lowest BCUT2D eigenvalue weighted by Gasteiger charge is -2.34. The Hall–Kier alpha value is -1.64. The van der Waals surface area contributed by atoms with Gasteiger partial charge in [-0.15, -0.1) is 0 Å². The summed E-state index contributed by atoms with van der Waals surface area (Å²) in [6.07, 6.45) is 1.75. The molecule has 1 aliphatic rings. The normalized spacial score (nSPS) is 16.0. The molecule has 0 saturated carbocycles. The van der Waals surface area contributed by atoms with Crippen molar-refractivity contribution in [3.05, 3.63) is 29.8 Å². The average Bonchev–Trinajstić information content (AvgIpc) is 2.64. The van der Waals surface area contributed by atoms with E-state index in [1.165, 1.54) is 4.31 Å². The first-order chi connectivity index (χ1) is 12.0. The topological polar surface area (TPSA) is 79.0 Å². The van der Waals surface area contributed by atoms with Gasteiger partial charge in [0, 0.05) is 39.1 Å². The van der Waals surface area contributed by atoms with Gasteiger partial charge in [0.05, 0.1) is 7.11 Å². The van der Waals surface area contributed by atoms with Crippen LogP contribution in [0.2, 0.25) is 0 Å². The first-order valence-corrected chi connectivity index (χ1v) is 10.1. The summed E-state index contributed by atoms with van der Waals surface area (Å²) < 4.78 is 33.5. The van der Waals surface area contributed by atoms with E-state index in [0.717, 1.165) is 17.7 Å². The van der Waals surface area contributed by atoms with E-state index in [9.17, 15) is 13.2 Å². The van der Waals surface area contributed by atoms with Crippen molar-refractivity contribution in [3.8, 4) is 5.75 Å². The zero-order valence-corrected chi connectivity index (χ0v) is 15.7. The van der Waals surface area contributed by atoms with Crippen LogP contribution in [-0.2, 0) is 21.4 Å². The molecule has 1 aromatic carbocycles. The van der Waals surface area contributed by atoms with Crippen LogP contribution >= 0.6 is 0 Å². The van der Waals surface area contributed by atoms with Crippen LogP contribution < -0.4 is 9.46 Å². The van der Waals surface area contributed by atoms with Crippen LogP contribution in [0.1, 0.15) is 25.3 Å². The number of piperazine rings is 1. The smallest absolute Gasteiger partial charge is 0.279 e. The highest BCUT2D eigenvalue weighted by Gasteiger charge is 2.28. The summed E-state index contributed by atoms with van der Waals surface area (Å²) in [5.41, 5.74) is 1.00. The maximum absolute atomic E-state index is 12.4. The SMILES string of the molecule is CCCNS(=O)(=O)N1CCN(C(=O)CCc2ccccc2OC)CC1. The molecule has 1 aliphatic heterocycles. The Morgan fingerprint density at radius 1 is 1.20 bits per heavy atom. The average molecular weight is 369 g/mol. The third kappa shape index (κ3) is 5.42. The molecule has 1 saturated heterocycles. The number of amides is 1. The van der Waals surface area contributed by atoms with Crippen molar-refractivity contribution in [3.63, 3.8) is 0 Å². The van der Waals surface area contributed by atoms with Crippen molar-refractivity contribution in [2.24, 2.45) is 0 Å². The van der Waals surface area contributed by atoms with Crippen LogP contribution in [-0.4, -0.2) is 63.4 Å². The summed E-state index contributed by atoms with van der Waals surface area (Å²) in [4.78, 5) is 14.1. The number of ether oxygens (including phenoxy) is 1. The monoisotopic (exact) mass is 369 g/mol. The van der Waals surface area contributed by atoms with Crippen LogP contribution in [0.25, 0.3) is 0 Å². The Balaban J connectivity index is 1.83. The van der Waals surface area contributed by atoms with Gasteiger partial charge in [0.2, 0.25) is 5.91 Å². The Kier molecular flexibility index (Phi) is 7.22. The molecule has 7 nitrogen and oxygen atoms in total. The number of rotatable bonds is 8. The lowest BCUT2D eigenvalue weighted by molar-refractivity contribution is -0.132. The second kappa shape index (κ2) is 9.17. The van der Waals surface area contributed by atoms with Crippen molar-refractivity contribution in [2.75, 3.05) is 39.8 Å². The fourth-order valence-corrected chi connectivity index (χ4v) is 4.10. The number of hydrogen-bond donors (Lipinski definition) is 1. The zero-order valence-electron chi connectivity index (χ0n) is 14.9. The second-order valence-electron chi connectivity index (χ2n) is 5.99. The molecule has 0 atom stereocenters. The predicted molar refractivity (Wildman–Crippen MR) is 96.7 cm³/mol. The van der Waals surface area contributed by atoms with Gasteiger partial charge < -0.3 is 9.64 Å². The summed E-state index contributed by atoms with van der Waals surface area (Å²) in [7, 11) is -1.81. The highest BCUT2D eigenvalue weighted by Crippen LogP contribution is 2.19.